The van der Waals surface area contributed by atoms with Crippen molar-refractivity contribution in [3.05, 3.63) is 0 Å². The molecule has 0 spiro atoms. The molecule has 0 aromatic carbocycles. The van der Waals surface area contributed by atoms with Crippen LogP contribution in [0.5, 0.6) is 0 Å². The van der Waals surface area contributed by atoms with Crippen LogP contribution in [-0.2, 0) is 9.59 Å². The number of aliphatic hydroxyl groups is 1. The molecule has 1 aliphatic heterocycles. The number of hydrogen-bond acceptors (Lipinski definition) is 4. The fraction of sp³-hybridized carbons (Fsp3) is 0.800. The largest absolute Gasteiger partial charge is 0.480 e. The predicted octanol–water partition coefficient (Wildman–Crippen LogP) is -0.920. The fourth-order valence-electron chi connectivity index (χ4n) is 1.71. The Balaban J connectivity index is 2.46. The Morgan fingerprint density at radius 1 is 1.38 bits per heavy atom. The predicted molar refractivity (Wildman–Crippen MR) is 56.9 cm³/mol. The molecule has 6 nitrogen and oxygen atoms in total. The van der Waals surface area contributed by atoms with Crippen LogP contribution in [0.3, 0.4) is 0 Å². The molecular weight excluding hydrogens is 212 g/mol. The molecule has 1 heterocycles. The van der Waals surface area contributed by atoms with Crippen molar-refractivity contribution in [1.29, 1.82) is 0 Å². The maximum absolute atomic E-state index is 11.7. The summed E-state index contributed by atoms with van der Waals surface area (Å²) in [6.07, 6.45) is 3.79. The number of hydrogen-bond donors (Lipinski definition) is 4. The molecule has 0 bridgehead atoms. The number of carboxylic acids is 1. The van der Waals surface area contributed by atoms with Crippen molar-refractivity contribution in [2.75, 3.05) is 13.2 Å². The van der Waals surface area contributed by atoms with Gasteiger partial charge in [0.25, 0.3) is 0 Å². The van der Waals surface area contributed by atoms with E-state index in [0.29, 0.717) is 6.42 Å². The minimum Gasteiger partial charge on any atom is -0.480 e. The first kappa shape index (κ1) is 12.9. The van der Waals surface area contributed by atoms with Gasteiger partial charge in [-0.1, -0.05) is 12.8 Å². The highest BCUT2D eigenvalue weighted by Crippen LogP contribution is 2.08. The minimum absolute atomic E-state index is 0.337. The molecule has 0 saturated carbocycles. The molecule has 0 aromatic heterocycles. The van der Waals surface area contributed by atoms with Crippen molar-refractivity contribution in [3.8, 4) is 0 Å². The first-order valence-electron chi connectivity index (χ1n) is 5.52. The molecular formula is C10H18N2O4. The summed E-state index contributed by atoms with van der Waals surface area (Å²) in [5, 5.41) is 22.8. The Hall–Kier alpha value is -1.14. The third-order valence-electron chi connectivity index (χ3n) is 2.67. The smallest absolute Gasteiger partial charge is 0.328 e. The average molecular weight is 230 g/mol. The summed E-state index contributed by atoms with van der Waals surface area (Å²) in [6.45, 7) is 0.183. The molecule has 2 atom stereocenters. The van der Waals surface area contributed by atoms with Gasteiger partial charge in [-0.15, -0.1) is 0 Å². The Morgan fingerprint density at radius 2 is 2.12 bits per heavy atom. The summed E-state index contributed by atoms with van der Waals surface area (Å²) in [5.41, 5.74) is 0. The molecule has 16 heavy (non-hydrogen) atoms. The van der Waals surface area contributed by atoms with Gasteiger partial charge in [-0.2, -0.15) is 0 Å². The third-order valence-corrected chi connectivity index (χ3v) is 2.67. The van der Waals surface area contributed by atoms with Gasteiger partial charge < -0.3 is 20.8 Å². The first-order chi connectivity index (χ1) is 7.65. The zero-order valence-electron chi connectivity index (χ0n) is 9.11. The van der Waals surface area contributed by atoms with Crippen LogP contribution in [0.25, 0.3) is 0 Å². The van der Waals surface area contributed by atoms with Gasteiger partial charge in [-0.25, -0.2) is 4.79 Å². The number of carbonyl (C=O) groups is 2. The molecule has 4 N–H and O–H groups in total. The minimum atomic E-state index is -1.22. The third kappa shape index (κ3) is 3.79. The quantitative estimate of drug-likeness (QED) is 0.500. The first-order valence-corrected chi connectivity index (χ1v) is 5.52. The van der Waals surface area contributed by atoms with E-state index in [4.69, 9.17) is 10.2 Å². The number of nitrogens with one attached hydrogen (secondary N) is 2. The van der Waals surface area contributed by atoms with Crippen LogP contribution < -0.4 is 10.6 Å². The van der Waals surface area contributed by atoms with E-state index in [2.05, 4.69) is 10.6 Å². The van der Waals surface area contributed by atoms with E-state index in [1.807, 2.05) is 0 Å². The van der Waals surface area contributed by atoms with E-state index in [0.717, 1.165) is 25.8 Å². The summed E-state index contributed by atoms with van der Waals surface area (Å²) < 4.78 is 0. The SMILES string of the molecule is O=C(N[C@@H](CO)C(=O)O)C1CCCCCN1. The summed E-state index contributed by atoms with van der Waals surface area (Å²) in [7, 11) is 0. The molecule has 1 saturated heterocycles. The monoisotopic (exact) mass is 230 g/mol. The number of amides is 1. The standard InChI is InChI=1S/C10H18N2O4/c13-6-8(10(15)16)12-9(14)7-4-2-1-3-5-11-7/h7-8,11,13H,1-6H2,(H,12,14)(H,15,16)/t7?,8-/m0/s1. The molecule has 1 amide bonds. The average Bonchev–Trinajstić information content (AvgIpc) is 2.53. The summed E-state index contributed by atoms with van der Waals surface area (Å²) in [6, 6.07) is -1.55. The van der Waals surface area contributed by atoms with Gasteiger partial charge in [-0.3, -0.25) is 4.79 Å². The lowest BCUT2D eigenvalue weighted by atomic mass is 10.1. The molecule has 1 fully saturated rings. The van der Waals surface area contributed by atoms with Crippen LogP contribution in [0.2, 0.25) is 0 Å². The number of rotatable bonds is 4. The lowest BCUT2D eigenvalue weighted by Crippen LogP contribution is -2.51. The maximum atomic E-state index is 11.7. The number of aliphatic carboxylic acids is 1. The molecule has 1 unspecified atom stereocenters. The highest BCUT2D eigenvalue weighted by Gasteiger charge is 2.24. The highest BCUT2D eigenvalue weighted by atomic mass is 16.4. The lowest BCUT2D eigenvalue weighted by Gasteiger charge is -2.18. The van der Waals surface area contributed by atoms with Gasteiger partial charge in [0.2, 0.25) is 5.91 Å². The number of carboxylic acid groups (broad SMARTS) is 1. The molecule has 1 aliphatic rings. The maximum Gasteiger partial charge on any atom is 0.328 e. The van der Waals surface area contributed by atoms with Crippen LogP contribution in [-0.4, -0.2) is 47.3 Å². The van der Waals surface area contributed by atoms with Crippen molar-refractivity contribution in [3.63, 3.8) is 0 Å². The van der Waals surface area contributed by atoms with Gasteiger partial charge in [0.05, 0.1) is 12.6 Å². The van der Waals surface area contributed by atoms with E-state index < -0.39 is 18.6 Å². The second-order valence-corrected chi connectivity index (χ2v) is 3.94. The van der Waals surface area contributed by atoms with Gasteiger partial charge in [0.1, 0.15) is 6.04 Å². The second kappa shape index (κ2) is 6.44. The van der Waals surface area contributed by atoms with Crippen LogP contribution >= 0.6 is 0 Å². The molecule has 92 valence electrons. The fourth-order valence-corrected chi connectivity index (χ4v) is 1.71. The Bertz CT molecular complexity index is 249. The van der Waals surface area contributed by atoms with Crippen LogP contribution in [0.4, 0.5) is 0 Å². The van der Waals surface area contributed by atoms with E-state index in [-0.39, 0.29) is 11.9 Å². The normalized spacial score (nSPS) is 23.2. The van der Waals surface area contributed by atoms with Gasteiger partial charge in [0, 0.05) is 0 Å². The van der Waals surface area contributed by atoms with Crippen molar-refractivity contribution in [2.24, 2.45) is 0 Å². The number of aliphatic hydroxyl groups excluding tert-OH is 1. The molecule has 0 radical (unpaired) electrons. The molecule has 0 aromatic rings. The van der Waals surface area contributed by atoms with Crippen LogP contribution in [0.1, 0.15) is 25.7 Å². The summed E-state index contributed by atoms with van der Waals surface area (Å²) in [5.74, 6) is -1.56. The van der Waals surface area contributed by atoms with Crippen LogP contribution in [0, 0.1) is 0 Å². The topological polar surface area (TPSA) is 98.7 Å². The Morgan fingerprint density at radius 3 is 2.75 bits per heavy atom. The van der Waals surface area contributed by atoms with E-state index >= 15 is 0 Å². The van der Waals surface area contributed by atoms with Crippen molar-refractivity contribution in [1.82, 2.24) is 10.6 Å². The highest BCUT2D eigenvalue weighted by molar-refractivity contribution is 5.86. The van der Waals surface area contributed by atoms with Crippen LogP contribution in [0.15, 0.2) is 0 Å². The summed E-state index contributed by atoms with van der Waals surface area (Å²) in [4.78, 5) is 22.3. The molecule has 1 rings (SSSR count). The zero-order valence-corrected chi connectivity index (χ0v) is 9.11. The zero-order chi connectivity index (χ0) is 12.0. The van der Waals surface area contributed by atoms with Gasteiger partial charge in [-0.05, 0) is 19.4 Å². The Kier molecular flexibility index (Phi) is 5.21. The number of carbonyl (C=O) groups excluding carboxylic acids is 1. The summed E-state index contributed by atoms with van der Waals surface area (Å²) >= 11 is 0. The van der Waals surface area contributed by atoms with E-state index in [9.17, 15) is 9.59 Å². The van der Waals surface area contributed by atoms with E-state index in [1.54, 1.807) is 0 Å². The van der Waals surface area contributed by atoms with Crippen molar-refractivity contribution in [2.45, 2.75) is 37.8 Å². The molecule has 0 aliphatic carbocycles. The van der Waals surface area contributed by atoms with Gasteiger partial charge in [0.15, 0.2) is 0 Å². The van der Waals surface area contributed by atoms with Crippen molar-refractivity contribution >= 4 is 11.9 Å². The molecule has 6 heteroatoms. The Labute approximate surface area is 94.0 Å². The van der Waals surface area contributed by atoms with Gasteiger partial charge >= 0.3 is 5.97 Å². The van der Waals surface area contributed by atoms with E-state index in [1.165, 1.54) is 0 Å². The van der Waals surface area contributed by atoms with Crippen molar-refractivity contribution < 1.29 is 19.8 Å². The second-order valence-electron chi connectivity index (χ2n) is 3.94. The lowest BCUT2D eigenvalue weighted by molar-refractivity contribution is -0.143.